The van der Waals surface area contributed by atoms with Gasteiger partial charge in [0, 0.05) is 0 Å². The van der Waals surface area contributed by atoms with Gasteiger partial charge in [0.2, 0.25) is 11.8 Å². The van der Waals surface area contributed by atoms with Crippen molar-refractivity contribution < 1.29 is 23.9 Å². The number of fused-ring (bicyclic) bond motifs is 5. The van der Waals surface area contributed by atoms with Crippen LogP contribution in [0.25, 0.3) is 0 Å². The lowest BCUT2D eigenvalue weighted by molar-refractivity contribution is -0.144. The van der Waals surface area contributed by atoms with Crippen molar-refractivity contribution in [3.8, 4) is 0 Å². The average Bonchev–Trinajstić information content (AvgIpc) is 3.26. The summed E-state index contributed by atoms with van der Waals surface area (Å²) in [5.74, 6) is -1.64. The molecule has 3 aliphatic heterocycles. The number of nitrogens with one attached hydrogen (secondary N) is 1. The topological polar surface area (TPSA) is 84.9 Å². The summed E-state index contributed by atoms with van der Waals surface area (Å²) in [5, 5.41) is 2.69. The summed E-state index contributed by atoms with van der Waals surface area (Å²) in [6.45, 7) is 5.65. The molecule has 0 saturated carbocycles. The molecule has 2 fully saturated rings. The van der Waals surface area contributed by atoms with Gasteiger partial charge in [-0.15, -0.1) is 0 Å². The van der Waals surface area contributed by atoms with Crippen LogP contribution in [0.4, 0.5) is 4.79 Å². The minimum absolute atomic E-state index is 0.0777. The molecule has 148 valence electrons. The Morgan fingerprint density at radius 1 is 1.21 bits per heavy atom. The minimum atomic E-state index is -1.01. The van der Waals surface area contributed by atoms with Crippen molar-refractivity contribution in [3.63, 3.8) is 0 Å². The van der Waals surface area contributed by atoms with E-state index in [2.05, 4.69) is 5.32 Å². The second-order valence-corrected chi connectivity index (χ2v) is 8.50. The molecule has 2 saturated heterocycles. The van der Waals surface area contributed by atoms with Crippen LogP contribution in [0.5, 0.6) is 0 Å². The first-order chi connectivity index (χ1) is 13.2. The van der Waals surface area contributed by atoms with Crippen LogP contribution in [0.15, 0.2) is 42.5 Å². The lowest BCUT2D eigenvalue weighted by atomic mass is 9.77. The fourth-order valence-corrected chi connectivity index (χ4v) is 4.21. The number of rotatable bonds is 4. The Morgan fingerprint density at radius 2 is 1.93 bits per heavy atom. The van der Waals surface area contributed by atoms with Gasteiger partial charge in [-0.05, 0) is 26.3 Å². The number of imide groups is 1. The molecule has 0 unspecified atom stereocenters. The van der Waals surface area contributed by atoms with Crippen molar-refractivity contribution in [2.45, 2.75) is 44.6 Å². The Bertz CT molecular complexity index is 844. The smallest absolute Gasteiger partial charge is 0.407 e. The van der Waals surface area contributed by atoms with Crippen LogP contribution in [0.1, 0.15) is 26.3 Å². The van der Waals surface area contributed by atoms with E-state index in [1.165, 1.54) is 4.90 Å². The largest absolute Gasteiger partial charge is 0.444 e. The Kier molecular flexibility index (Phi) is 4.30. The van der Waals surface area contributed by atoms with E-state index in [4.69, 9.17) is 9.47 Å². The number of ether oxygens (including phenoxy) is 2. The van der Waals surface area contributed by atoms with Gasteiger partial charge in [0.05, 0.1) is 31.0 Å². The molecule has 7 nitrogen and oxygen atoms in total. The van der Waals surface area contributed by atoms with E-state index in [0.29, 0.717) is 0 Å². The average molecular weight is 384 g/mol. The Balaban J connectivity index is 1.51. The van der Waals surface area contributed by atoms with Crippen molar-refractivity contribution in [2.75, 3.05) is 6.54 Å². The van der Waals surface area contributed by atoms with Crippen LogP contribution >= 0.6 is 0 Å². The third kappa shape index (κ3) is 3.09. The molecule has 0 aromatic heterocycles. The van der Waals surface area contributed by atoms with Gasteiger partial charge in [-0.2, -0.15) is 0 Å². The van der Waals surface area contributed by atoms with E-state index in [1.54, 1.807) is 26.8 Å². The number of benzene rings is 1. The first-order valence-corrected chi connectivity index (χ1v) is 9.43. The molecule has 1 aromatic carbocycles. The predicted octanol–water partition coefficient (Wildman–Crippen LogP) is 2.02. The molecule has 3 aliphatic rings. The predicted molar refractivity (Wildman–Crippen MR) is 100.0 cm³/mol. The Morgan fingerprint density at radius 3 is 2.61 bits per heavy atom. The fraction of sp³-hybridized carbons (Fsp3) is 0.476. The molecule has 1 N–H and O–H groups in total. The number of likely N-dealkylation sites (tertiary alicyclic amines) is 1. The van der Waals surface area contributed by atoms with E-state index in [9.17, 15) is 14.4 Å². The molecule has 4 atom stereocenters. The summed E-state index contributed by atoms with van der Waals surface area (Å²) in [6, 6.07) is 9.42. The number of carbonyl (C=O) groups excluding carboxylic acids is 3. The second-order valence-electron chi connectivity index (χ2n) is 8.50. The molecule has 1 aromatic rings. The summed E-state index contributed by atoms with van der Waals surface area (Å²) in [5.41, 5.74) is -0.739. The van der Waals surface area contributed by atoms with E-state index >= 15 is 0 Å². The maximum absolute atomic E-state index is 13.1. The molecule has 0 aliphatic carbocycles. The van der Waals surface area contributed by atoms with Gasteiger partial charge >= 0.3 is 6.09 Å². The van der Waals surface area contributed by atoms with Gasteiger partial charge in [-0.1, -0.05) is 42.5 Å². The van der Waals surface area contributed by atoms with Crippen LogP contribution in [0.2, 0.25) is 0 Å². The molecule has 3 amide bonds. The zero-order valence-electron chi connectivity index (χ0n) is 16.2. The van der Waals surface area contributed by atoms with Crippen LogP contribution in [-0.4, -0.2) is 46.7 Å². The number of nitrogens with zero attached hydrogens (tertiary/aromatic N) is 1. The normalized spacial score (nSPS) is 30.7. The van der Waals surface area contributed by atoms with Crippen molar-refractivity contribution >= 4 is 17.9 Å². The summed E-state index contributed by atoms with van der Waals surface area (Å²) < 4.78 is 11.3. The van der Waals surface area contributed by atoms with Crippen LogP contribution in [-0.2, 0) is 25.6 Å². The van der Waals surface area contributed by atoms with Crippen LogP contribution in [0, 0.1) is 11.8 Å². The van der Waals surface area contributed by atoms with Gasteiger partial charge in [0.15, 0.2) is 0 Å². The summed E-state index contributed by atoms with van der Waals surface area (Å²) in [6.07, 6.45) is 2.59. The minimum Gasteiger partial charge on any atom is -0.444 e. The molecule has 28 heavy (non-hydrogen) atoms. The summed E-state index contributed by atoms with van der Waals surface area (Å²) in [7, 11) is 0. The number of amides is 3. The highest BCUT2D eigenvalue weighted by atomic mass is 16.6. The SMILES string of the molecule is CC(C)(C)OC(=O)NC[C@@]12C=C[C@H](O1)[C@H]1C(=O)N(Cc3ccccc3)C(=O)[C@@H]12. The Labute approximate surface area is 163 Å². The molecule has 7 heteroatoms. The van der Waals surface area contributed by atoms with Gasteiger partial charge in [-0.25, -0.2) is 4.79 Å². The lowest BCUT2D eigenvalue weighted by Crippen LogP contribution is -2.49. The first-order valence-electron chi connectivity index (χ1n) is 9.43. The highest BCUT2D eigenvalue weighted by molar-refractivity contribution is 6.07. The van der Waals surface area contributed by atoms with E-state index in [1.807, 2.05) is 36.4 Å². The van der Waals surface area contributed by atoms with Gasteiger partial charge in [0.25, 0.3) is 0 Å². The number of hydrogen-bond acceptors (Lipinski definition) is 5. The fourth-order valence-electron chi connectivity index (χ4n) is 4.21. The van der Waals surface area contributed by atoms with Crippen LogP contribution in [0.3, 0.4) is 0 Å². The van der Waals surface area contributed by atoms with Crippen molar-refractivity contribution in [1.29, 1.82) is 0 Å². The highest BCUT2D eigenvalue weighted by Crippen LogP contribution is 2.51. The van der Waals surface area contributed by atoms with E-state index in [-0.39, 0.29) is 24.9 Å². The highest BCUT2D eigenvalue weighted by Gasteiger charge is 2.67. The molecule has 0 radical (unpaired) electrons. The lowest BCUT2D eigenvalue weighted by Gasteiger charge is -2.29. The standard InChI is InChI=1S/C21H24N2O5/c1-20(2,3)28-19(26)22-12-21-10-9-14(27-21)15-16(21)18(25)23(17(15)24)11-13-7-5-4-6-8-13/h4-10,14-16H,11-12H2,1-3H3,(H,22,26)/t14-,15+,16+,21+/m0/s1. The van der Waals surface area contributed by atoms with Gasteiger partial charge in [0.1, 0.15) is 11.2 Å². The zero-order chi connectivity index (χ0) is 20.1. The third-order valence-electron chi connectivity index (χ3n) is 5.34. The first kappa shape index (κ1) is 18.7. The maximum atomic E-state index is 13.1. The van der Waals surface area contributed by atoms with Gasteiger partial charge in [-0.3, -0.25) is 14.5 Å². The molecule has 3 heterocycles. The summed E-state index contributed by atoms with van der Waals surface area (Å²) in [4.78, 5) is 39.4. The van der Waals surface area contributed by atoms with Gasteiger partial charge < -0.3 is 14.8 Å². The number of alkyl carbamates (subject to hydrolysis) is 1. The molecular weight excluding hydrogens is 360 g/mol. The quantitative estimate of drug-likeness (QED) is 0.634. The monoisotopic (exact) mass is 384 g/mol. The number of carbonyl (C=O) groups is 3. The molecule has 4 rings (SSSR count). The third-order valence-corrected chi connectivity index (χ3v) is 5.34. The number of hydrogen-bond donors (Lipinski definition) is 1. The maximum Gasteiger partial charge on any atom is 0.407 e. The zero-order valence-corrected chi connectivity index (χ0v) is 16.2. The van der Waals surface area contributed by atoms with Crippen molar-refractivity contribution in [3.05, 3.63) is 48.0 Å². The molecular formula is C21H24N2O5. The van der Waals surface area contributed by atoms with Crippen LogP contribution < -0.4 is 5.32 Å². The van der Waals surface area contributed by atoms with E-state index in [0.717, 1.165) is 5.56 Å². The molecule has 2 bridgehead atoms. The Hall–Kier alpha value is -2.67. The second kappa shape index (κ2) is 6.44. The van der Waals surface area contributed by atoms with Crippen molar-refractivity contribution in [1.82, 2.24) is 10.2 Å². The summed E-state index contributed by atoms with van der Waals surface area (Å²) >= 11 is 0. The molecule has 0 spiro atoms. The van der Waals surface area contributed by atoms with E-state index < -0.39 is 35.2 Å². The van der Waals surface area contributed by atoms with Crippen molar-refractivity contribution in [2.24, 2.45) is 11.8 Å².